The van der Waals surface area contributed by atoms with E-state index >= 15 is 0 Å². The van der Waals surface area contributed by atoms with Crippen LogP contribution in [-0.2, 0) is 10.0 Å². The SMILES string of the molecule is CC1CC1CNS(=O)(=O)c1ccc(O)c(N)c1. The second-order valence-electron chi connectivity index (χ2n) is 4.55. The Labute approximate surface area is 101 Å². The van der Waals surface area contributed by atoms with Crippen molar-refractivity contribution in [2.24, 2.45) is 11.8 Å². The fraction of sp³-hybridized carbons (Fsp3) is 0.455. The van der Waals surface area contributed by atoms with Crippen LogP contribution in [0.5, 0.6) is 5.75 Å². The molecule has 2 atom stereocenters. The minimum absolute atomic E-state index is 0.0627. The number of aromatic hydroxyl groups is 1. The van der Waals surface area contributed by atoms with Crippen molar-refractivity contribution < 1.29 is 13.5 Å². The molecule has 0 aliphatic heterocycles. The van der Waals surface area contributed by atoms with Crippen LogP contribution in [0.25, 0.3) is 0 Å². The third-order valence-corrected chi connectivity index (χ3v) is 4.54. The molecule has 2 unspecified atom stereocenters. The molecule has 2 rings (SSSR count). The quantitative estimate of drug-likeness (QED) is 0.551. The van der Waals surface area contributed by atoms with Crippen molar-refractivity contribution in [1.82, 2.24) is 4.72 Å². The highest BCUT2D eigenvalue weighted by Gasteiger charge is 2.33. The zero-order valence-electron chi connectivity index (χ0n) is 9.55. The van der Waals surface area contributed by atoms with Crippen LogP contribution in [0.2, 0.25) is 0 Å². The number of nitrogens with two attached hydrogens (primary N) is 1. The van der Waals surface area contributed by atoms with Crippen LogP contribution in [0.4, 0.5) is 5.69 Å². The smallest absolute Gasteiger partial charge is 0.240 e. The molecule has 0 heterocycles. The van der Waals surface area contributed by atoms with Gasteiger partial charge in [-0.1, -0.05) is 6.92 Å². The van der Waals surface area contributed by atoms with Gasteiger partial charge in [0.15, 0.2) is 0 Å². The number of nitrogen functional groups attached to an aromatic ring is 1. The van der Waals surface area contributed by atoms with Crippen molar-refractivity contribution in [3.8, 4) is 5.75 Å². The summed E-state index contributed by atoms with van der Waals surface area (Å²) in [5.41, 5.74) is 5.53. The average molecular weight is 256 g/mol. The van der Waals surface area contributed by atoms with Crippen molar-refractivity contribution in [2.45, 2.75) is 18.2 Å². The van der Waals surface area contributed by atoms with Crippen molar-refractivity contribution in [3.05, 3.63) is 18.2 Å². The van der Waals surface area contributed by atoms with Crippen molar-refractivity contribution in [2.75, 3.05) is 12.3 Å². The topological polar surface area (TPSA) is 92.4 Å². The number of hydrogen-bond acceptors (Lipinski definition) is 4. The van der Waals surface area contributed by atoms with E-state index in [0.29, 0.717) is 18.4 Å². The summed E-state index contributed by atoms with van der Waals surface area (Å²) in [6, 6.07) is 3.88. The summed E-state index contributed by atoms with van der Waals surface area (Å²) < 4.78 is 26.3. The number of phenolic OH excluding ortho intramolecular Hbond substituents is 1. The third kappa shape index (κ3) is 2.70. The molecule has 0 spiro atoms. The molecule has 1 aliphatic carbocycles. The number of sulfonamides is 1. The summed E-state index contributed by atoms with van der Waals surface area (Å²) >= 11 is 0. The van der Waals surface area contributed by atoms with E-state index in [4.69, 9.17) is 5.73 Å². The molecule has 1 aliphatic rings. The predicted octanol–water partition coefficient (Wildman–Crippen LogP) is 0.909. The Morgan fingerprint density at radius 3 is 2.71 bits per heavy atom. The predicted molar refractivity (Wildman–Crippen MR) is 65.0 cm³/mol. The summed E-state index contributed by atoms with van der Waals surface area (Å²) in [6.45, 7) is 2.56. The van der Waals surface area contributed by atoms with Crippen LogP contribution in [0.15, 0.2) is 23.1 Å². The molecule has 94 valence electrons. The molecule has 0 amide bonds. The molecule has 1 fully saturated rings. The first-order chi connectivity index (χ1) is 7.90. The lowest BCUT2D eigenvalue weighted by atomic mass is 10.3. The third-order valence-electron chi connectivity index (χ3n) is 3.12. The maximum absolute atomic E-state index is 11.9. The first kappa shape index (κ1) is 12.2. The van der Waals surface area contributed by atoms with Gasteiger partial charge in [0.1, 0.15) is 5.75 Å². The maximum Gasteiger partial charge on any atom is 0.240 e. The molecule has 5 nitrogen and oxygen atoms in total. The standard InChI is InChI=1S/C11H16N2O3S/c1-7-4-8(7)6-13-17(15,16)9-2-3-11(14)10(12)5-9/h2-3,5,7-8,13-14H,4,6,12H2,1H3. The number of rotatable bonds is 4. The Hall–Kier alpha value is -1.27. The Morgan fingerprint density at radius 1 is 1.53 bits per heavy atom. The number of hydrogen-bond donors (Lipinski definition) is 3. The summed E-state index contributed by atoms with van der Waals surface area (Å²) in [5.74, 6) is 0.932. The number of phenols is 1. The normalized spacial score (nSPS) is 23.6. The van der Waals surface area contributed by atoms with Crippen LogP contribution < -0.4 is 10.5 Å². The van der Waals surface area contributed by atoms with Gasteiger partial charge in [0.05, 0.1) is 10.6 Å². The van der Waals surface area contributed by atoms with E-state index in [-0.39, 0.29) is 16.3 Å². The Kier molecular flexibility index (Phi) is 3.01. The molecule has 0 radical (unpaired) electrons. The van der Waals surface area contributed by atoms with Crippen LogP contribution in [0, 0.1) is 11.8 Å². The van der Waals surface area contributed by atoms with Crippen molar-refractivity contribution >= 4 is 15.7 Å². The van der Waals surface area contributed by atoms with Crippen LogP contribution in [0.1, 0.15) is 13.3 Å². The average Bonchev–Trinajstić information content (AvgIpc) is 2.96. The van der Waals surface area contributed by atoms with Gasteiger partial charge in [0, 0.05) is 6.54 Å². The molecule has 0 bridgehead atoms. The minimum atomic E-state index is -3.52. The Bertz CT molecular complexity index is 528. The van der Waals surface area contributed by atoms with E-state index in [2.05, 4.69) is 11.6 Å². The van der Waals surface area contributed by atoms with Gasteiger partial charge in [-0.2, -0.15) is 0 Å². The fourth-order valence-corrected chi connectivity index (χ4v) is 2.81. The molecular weight excluding hydrogens is 240 g/mol. The highest BCUT2D eigenvalue weighted by molar-refractivity contribution is 7.89. The van der Waals surface area contributed by atoms with Crippen LogP contribution in [0.3, 0.4) is 0 Å². The molecule has 1 aromatic carbocycles. The summed E-state index contributed by atoms with van der Waals surface area (Å²) in [6.07, 6.45) is 1.07. The zero-order valence-corrected chi connectivity index (χ0v) is 10.4. The lowest BCUT2D eigenvalue weighted by molar-refractivity contribution is 0.477. The highest BCUT2D eigenvalue weighted by atomic mass is 32.2. The molecule has 1 aromatic rings. The van der Waals surface area contributed by atoms with Gasteiger partial charge in [-0.3, -0.25) is 0 Å². The van der Waals surface area contributed by atoms with Crippen molar-refractivity contribution in [3.63, 3.8) is 0 Å². The van der Waals surface area contributed by atoms with E-state index in [1.54, 1.807) is 0 Å². The number of nitrogens with one attached hydrogen (secondary N) is 1. The van der Waals surface area contributed by atoms with E-state index < -0.39 is 10.0 Å². The monoisotopic (exact) mass is 256 g/mol. The summed E-state index contributed by atoms with van der Waals surface area (Å²) in [7, 11) is -3.52. The molecule has 0 saturated heterocycles. The molecule has 17 heavy (non-hydrogen) atoms. The van der Waals surface area contributed by atoms with Crippen LogP contribution >= 0.6 is 0 Å². The van der Waals surface area contributed by atoms with E-state index in [0.717, 1.165) is 6.42 Å². The van der Waals surface area contributed by atoms with Crippen molar-refractivity contribution in [1.29, 1.82) is 0 Å². The molecular formula is C11H16N2O3S. The van der Waals surface area contributed by atoms with E-state index in [9.17, 15) is 13.5 Å². The Morgan fingerprint density at radius 2 is 2.18 bits per heavy atom. The second-order valence-corrected chi connectivity index (χ2v) is 6.31. The number of anilines is 1. The molecule has 1 saturated carbocycles. The minimum Gasteiger partial charge on any atom is -0.506 e. The number of benzene rings is 1. The zero-order chi connectivity index (χ0) is 12.6. The van der Waals surface area contributed by atoms with Gasteiger partial charge in [0.25, 0.3) is 0 Å². The first-order valence-electron chi connectivity index (χ1n) is 5.48. The maximum atomic E-state index is 11.9. The Balaban J connectivity index is 2.10. The molecule has 0 aromatic heterocycles. The lowest BCUT2D eigenvalue weighted by Gasteiger charge is -2.07. The summed E-state index contributed by atoms with van der Waals surface area (Å²) in [5, 5.41) is 9.23. The van der Waals surface area contributed by atoms with Crippen LogP contribution in [-0.4, -0.2) is 20.1 Å². The second kappa shape index (κ2) is 4.19. The van der Waals surface area contributed by atoms with E-state index in [1.807, 2.05) is 0 Å². The highest BCUT2D eigenvalue weighted by Crippen LogP contribution is 2.37. The van der Waals surface area contributed by atoms with Gasteiger partial charge in [-0.15, -0.1) is 0 Å². The van der Waals surface area contributed by atoms with Gasteiger partial charge in [-0.05, 0) is 36.5 Å². The summed E-state index contributed by atoms with van der Waals surface area (Å²) in [4.78, 5) is 0.0844. The van der Waals surface area contributed by atoms with Gasteiger partial charge >= 0.3 is 0 Å². The lowest BCUT2D eigenvalue weighted by Crippen LogP contribution is -2.26. The van der Waals surface area contributed by atoms with Gasteiger partial charge < -0.3 is 10.8 Å². The molecule has 6 heteroatoms. The largest absolute Gasteiger partial charge is 0.506 e. The molecule has 4 N–H and O–H groups in total. The van der Waals surface area contributed by atoms with E-state index in [1.165, 1.54) is 18.2 Å². The van der Waals surface area contributed by atoms with Gasteiger partial charge in [-0.25, -0.2) is 13.1 Å². The first-order valence-corrected chi connectivity index (χ1v) is 6.96. The fourth-order valence-electron chi connectivity index (χ4n) is 1.68. The van der Waals surface area contributed by atoms with Gasteiger partial charge in [0.2, 0.25) is 10.0 Å².